The molecule has 1 aromatic carbocycles. The van der Waals surface area contributed by atoms with E-state index in [4.69, 9.17) is 27.9 Å². The summed E-state index contributed by atoms with van der Waals surface area (Å²) in [5.74, 6) is 0.389. The zero-order chi connectivity index (χ0) is 15.4. The molecule has 0 unspecified atom stereocenters. The third-order valence-corrected chi connectivity index (χ3v) is 4.54. The largest absolute Gasteiger partial charge is 0.497 e. The van der Waals surface area contributed by atoms with Crippen LogP contribution in [0.4, 0.5) is 5.69 Å². The molecule has 2 aliphatic rings. The Morgan fingerprint density at radius 2 is 1.95 bits per heavy atom. The SMILES string of the molecule is COc1ccc2c(c1)C(C)(C)C1=C(Cl)C(=O)C(Cl)=CC1=N2. The van der Waals surface area contributed by atoms with Gasteiger partial charge in [0.25, 0.3) is 0 Å². The molecule has 0 atom stereocenters. The van der Waals surface area contributed by atoms with E-state index in [-0.39, 0.29) is 15.8 Å². The van der Waals surface area contributed by atoms with Crippen LogP contribution in [0.3, 0.4) is 0 Å². The van der Waals surface area contributed by atoms with E-state index < -0.39 is 5.41 Å². The van der Waals surface area contributed by atoms with Crippen molar-refractivity contribution in [1.29, 1.82) is 0 Å². The fourth-order valence-electron chi connectivity index (χ4n) is 2.78. The lowest BCUT2D eigenvalue weighted by molar-refractivity contribution is -0.111. The van der Waals surface area contributed by atoms with Crippen LogP contribution in [0, 0.1) is 0 Å². The van der Waals surface area contributed by atoms with Crippen molar-refractivity contribution in [2.45, 2.75) is 19.3 Å². The molecule has 0 amide bonds. The second-order valence-corrected chi connectivity index (χ2v) is 6.30. The van der Waals surface area contributed by atoms with Crippen molar-refractivity contribution in [2.75, 3.05) is 7.11 Å². The molecule has 5 heteroatoms. The number of ketones is 1. The molecule has 0 saturated heterocycles. The van der Waals surface area contributed by atoms with Gasteiger partial charge in [-0.2, -0.15) is 0 Å². The molecule has 0 spiro atoms. The first-order chi connectivity index (χ1) is 9.86. The van der Waals surface area contributed by atoms with Crippen LogP contribution >= 0.6 is 23.2 Å². The fraction of sp³-hybridized carbons (Fsp3) is 0.250. The van der Waals surface area contributed by atoms with Gasteiger partial charge in [0.05, 0.1) is 28.6 Å². The second-order valence-electron chi connectivity index (χ2n) is 5.52. The monoisotopic (exact) mass is 321 g/mol. The standard InChI is InChI=1S/C16H13Cl2NO2/c1-16(2)9-6-8(21-3)4-5-11(9)19-12-7-10(17)15(20)14(18)13(12)16/h4-7H,1-3H3. The van der Waals surface area contributed by atoms with Gasteiger partial charge in [0, 0.05) is 11.0 Å². The summed E-state index contributed by atoms with van der Waals surface area (Å²) in [5, 5.41) is 0.231. The molecule has 0 aromatic heterocycles. The van der Waals surface area contributed by atoms with E-state index in [9.17, 15) is 4.79 Å². The number of rotatable bonds is 1. The minimum Gasteiger partial charge on any atom is -0.497 e. The van der Waals surface area contributed by atoms with Crippen molar-refractivity contribution in [1.82, 2.24) is 0 Å². The van der Waals surface area contributed by atoms with E-state index in [1.165, 1.54) is 0 Å². The highest BCUT2D eigenvalue weighted by Crippen LogP contribution is 2.47. The molecular weight excluding hydrogens is 309 g/mol. The number of methoxy groups -OCH3 is 1. The highest BCUT2D eigenvalue weighted by atomic mass is 35.5. The number of Topliss-reactive ketones (excluding diaryl/α,β-unsaturated/α-hetero) is 1. The molecular formula is C16H13Cl2NO2. The van der Waals surface area contributed by atoms with Gasteiger partial charge in [0.1, 0.15) is 5.75 Å². The zero-order valence-electron chi connectivity index (χ0n) is 11.8. The van der Waals surface area contributed by atoms with Crippen LogP contribution in [0.5, 0.6) is 5.75 Å². The molecule has 1 heterocycles. The van der Waals surface area contributed by atoms with Crippen LogP contribution in [0.1, 0.15) is 19.4 Å². The summed E-state index contributed by atoms with van der Waals surface area (Å²) in [5.41, 5.74) is 2.70. The molecule has 108 valence electrons. The number of hydrogen-bond donors (Lipinski definition) is 0. The van der Waals surface area contributed by atoms with Gasteiger partial charge < -0.3 is 4.74 Å². The predicted molar refractivity (Wildman–Crippen MR) is 84.9 cm³/mol. The van der Waals surface area contributed by atoms with Gasteiger partial charge in [0.15, 0.2) is 0 Å². The van der Waals surface area contributed by atoms with Crippen molar-refractivity contribution in [3.05, 3.63) is 45.5 Å². The quantitative estimate of drug-likeness (QED) is 0.725. The maximum Gasteiger partial charge on any atom is 0.216 e. The van der Waals surface area contributed by atoms with E-state index in [2.05, 4.69) is 4.99 Å². The lowest BCUT2D eigenvalue weighted by Gasteiger charge is -2.36. The van der Waals surface area contributed by atoms with Gasteiger partial charge in [-0.3, -0.25) is 4.79 Å². The van der Waals surface area contributed by atoms with Crippen LogP contribution in [0.2, 0.25) is 0 Å². The molecule has 0 saturated carbocycles. The molecule has 1 aromatic rings. The van der Waals surface area contributed by atoms with E-state index in [0.717, 1.165) is 17.0 Å². The number of hydrogen-bond acceptors (Lipinski definition) is 3. The summed E-state index contributed by atoms with van der Waals surface area (Å²) >= 11 is 12.2. The predicted octanol–water partition coefficient (Wildman–Crippen LogP) is 4.26. The number of fused-ring (bicyclic) bond motifs is 2. The smallest absolute Gasteiger partial charge is 0.216 e. The molecule has 0 bridgehead atoms. The molecule has 3 rings (SSSR count). The van der Waals surface area contributed by atoms with E-state index in [1.807, 2.05) is 32.0 Å². The second kappa shape index (κ2) is 4.72. The summed E-state index contributed by atoms with van der Waals surface area (Å²) < 4.78 is 5.28. The Bertz CT molecular complexity index is 758. The van der Waals surface area contributed by atoms with Gasteiger partial charge in [-0.05, 0) is 29.8 Å². The van der Waals surface area contributed by atoms with Crippen molar-refractivity contribution in [3.8, 4) is 5.75 Å². The summed E-state index contributed by atoms with van der Waals surface area (Å²) in [6.07, 6.45) is 1.58. The first kappa shape index (κ1) is 14.4. The number of benzene rings is 1. The van der Waals surface area contributed by atoms with Crippen LogP contribution in [0.25, 0.3) is 0 Å². The zero-order valence-corrected chi connectivity index (χ0v) is 13.3. The Morgan fingerprint density at radius 3 is 2.62 bits per heavy atom. The lowest BCUT2D eigenvalue weighted by atomic mass is 9.71. The van der Waals surface area contributed by atoms with Crippen molar-refractivity contribution >= 4 is 40.4 Å². The third-order valence-electron chi connectivity index (χ3n) is 3.90. The third kappa shape index (κ3) is 2.03. The Labute approximate surface area is 132 Å². The van der Waals surface area contributed by atoms with E-state index in [0.29, 0.717) is 11.3 Å². The normalized spacial score (nSPS) is 19.6. The molecule has 0 radical (unpaired) electrons. The van der Waals surface area contributed by atoms with Crippen molar-refractivity contribution < 1.29 is 9.53 Å². The minimum atomic E-state index is -0.457. The topological polar surface area (TPSA) is 38.7 Å². The lowest BCUT2D eigenvalue weighted by Crippen LogP contribution is -2.32. The number of ether oxygens (including phenoxy) is 1. The van der Waals surface area contributed by atoms with Crippen LogP contribution < -0.4 is 4.74 Å². The molecule has 21 heavy (non-hydrogen) atoms. The summed E-state index contributed by atoms with van der Waals surface area (Å²) in [4.78, 5) is 16.6. The first-order valence-electron chi connectivity index (χ1n) is 6.46. The van der Waals surface area contributed by atoms with Gasteiger partial charge in [-0.1, -0.05) is 37.0 Å². The van der Waals surface area contributed by atoms with Crippen LogP contribution in [0.15, 0.2) is 44.9 Å². The number of carbonyl (C=O) groups is 1. The van der Waals surface area contributed by atoms with Gasteiger partial charge in [-0.15, -0.1) is 0 Å². The number of allylic oxidation sites excluding steroid dienone is 4. The first-order valence-corrected chi connectivity index (χ1v) is 7.21. The van der Waals surface area contributed by atoms with E-state index in [1.54, 1.807) is 13.2 Å². The Balaban J connectivity index is 2.32. The average molecular weight is 322 g/mol. The molecule has 0 fully saturated rings. The average Bonchev–Trinajstić information content (AvgIpc) is 2.44. The number of aliphatic imine (C=N–C) groups is 1. The number of carbonyl (C=O) groups excluding carboxylic acids is 1. The Morgan fingerprint density at radius 1 is 1.24 bits per heavy atom. The molecule has 0 N–H and O–H groups in total. The Hall–Kier alpha value is -1.58. The molecule has 3 nitrogen and oxygen atoms in total. The summed E-state index contributed by atoms with van der Waals surface area (Å²) in [6.45, 7) is 4.02. The Kier molecular flexibility index (Phi) is 3.23. The van der Waals surface area contributed by atoms with Crippen molar-refractivity contribution in [3.63, 3.8) is 0 Å². The van der Waals surface area contributed by atoms with Crippen LogP contribution in [-0.2, 0) is 10.2 Å². The number of nitrogens with zero attached hydrogens (tertiary/aromatic N) is 1. The van der Waals surface area contributed by atoms with Gasteiger partial charge in [-0.25, -0.2) is 4.99 Å². The number of halogens is 2. The maximum absolute atomic E-state index is 12.0. The van der Waals surface area contributed by atoms with Crippen LogP contribution in [-0.4, -0.2) is 18.6 Å². The molecule has 1 aliphatic heterocycles. The highest BCUT2D eigenvalue weighted by molar-refractivity contribution is 6.58. The maximum atomic E-state index is 12.0. The van der Waals surface area contributed by atoms with Gasteiger partial charge in [0.2, 0.25) is 5.78 Å². The highest BCUT2D eigenvalue weighted by Gasteiger charge is 2.40. The summed E-state index contributed by atoms with van der Waals surface area (Å²) in [7, 11) is 1.62. The molecule has 1 aliphatic carbocycles. The minimum absolute atomic E-state index is 0.0928. The fourth-order valence-corrected chi connectivity index (χ4v) is 3.46. The summed E-state index contributed by atoms with van der Waals surface area (Å²) in [6, 6.07) is 5.68. The van der Waals surface area contributed by atoms with E-state index >= 15 is 0 Å². The van der Waals surface area contributed by atoms with Crippen molar-refractivity contribution in [2.24, 2.45) is 4.99 Å². The van der Waals surface area contributed by atoms with Gasteiger partial charge >= 0.3 is 0 Å².